The van der Waals surface area contributed by atoms with Crippen molar-refractivity contribution in [3.8, 4) is 17.4 Å². The lowest BCUT2D eigenvalue weighted by Crippen LogP contribution is -2.17. The minimum atomic E-state index is -4.80. The van der Waals surface area contributed by atoms with Crippen LogP contribution in [0.15, 0.2) is 24.3 Å². The summed E-state index contributed by atoms with van der Waals surface area (Å²) in [6, 6.07) is 5.44. The van der Waals surface area contributed by atoms with E-state index < -0.39 is 12.1 Å². The predicted molar refractivity (Wildman–Crippen MR) is 65.6 cm³/mol. The number of aryl methyl sites for hydroxylation is 2. The van der Waals surface area contributed by atoms with Gasteiger partial charge in [-0.2, -0.15) is 5.10 Å². The van der Waals surface area contributed by atoms with Gasteiger partial charge in [-0.1, -0.05) is 12.1 Å². The Morgan fingerprint density at radius 2 is 1.80 bits per heavy atom. The van der Waals surface area contributed by atoms with Crippen molar-refractivity contribution in [1.29, 1.82) is 0 Å². The van der Waals surface area contributed by atoms with Gasteiger partial charge in [-0.05, 0) is 19.1 Å². The lowest BCUT2D eigenvalue weighted by atomic mass is 10.3. The fourth-order valence-corrected chi connectivity index (χ4v) is 1.62. The molecule has 0 saturated carbocycles. The van der Waals surface area contributed by atoms with Crippen molar-refractivity contribution in [2.24, 2.45) is 7.05 Å². The Hall–Kier alpha value is -2.38. The molecule has 0 fully saturated rings. The molecule has 0 amide bonds. The second-order valence-electron chi connectivity index (χ2n) is 4.02. The third kappa shape index (κ3) is 2.95. The van der Waals surface area contributed by atoms with Crippen LogP contribution in [0, 0.1) is 6.92 Å². The van der Waals surface area contributed by atoms with Gasteiger partial charge in [0, 0.05) is 7.05 Å². The maximum Gasteiger partial charge on any atom is 0.573 e. The zero-order valence-corrected chi connectivity index (χ0v) is 10.7. The van der Waals surface area contributed by atoms with Crippen molar-refractivity contribution in [2.45, 2.75) is 13.3 Å². The standard InChI is InChI=1S/C12H12F3N3O2/c1-7-10(16)11(18(2)17-7)19-8-5-3-4-6-9(8)20-12(13,14)15/h3-6H,16H2,1-2H3. The molecule has 8 heteroatoms. The fourth-order valence-electron chi connectivity index (χ4n) is 1.62. The zero-order valence-electron chi connectivity index (χ0n) is 10.7. The van der Waals surface area contributed by atoms with Gasteiger partial charge in [-0.25, -0.2) is 4.68 Å². The Labute approximate surface area is 112 Å². The molecule has 5 nitrogen and oxygen atoms in total. The minimum Gasteiger partial charge on any atom is -0.433 e. The molecule has 108 valence electrons. The van der Waals surface area contributed by atoms with Crippen molar-refractivity contribution in [3.63, 3.8) is 0 Å². The van der Waals surface area contributed by atoms with Crippen LogP contribution in [0.4, 0.5) is 18.9 Å². The third-order valence-corrected chi connectivity index (χ3v) is 2.50. The molecule has 0 bridgehead atoms. The molecule has 2 N–H and O–H groups in total. The summed E-state index contributed by atoms with van der Waals surface area (Å²) >= 11 is 0. The summed E-state index contributed by atoms with van der Waals surface area (Å²) in [5.41, 5.74) is 6.54. The van der Waals surface area contributed by atoms with Gasteiger partial charge in [0.2, 0.25) is 5.88 Å². The largest absolute Gasteiger partial charge is 0.573 e. The molecule has 1 aromatic heterocycles. The molecule has 2 aromatic rings. The van der Waals surface area contributed by atoms with Crippen LogP contribution in [0.5, 0.6) is 17.4 Å². The van der Waals surface area contributed by atoms with E-state index in [-0.39, 0.29) is 17.3 Å². The molecular formula is C12H12F3N3O2. The van der Waals surface area contributed by atoms with Gasteiger partial charge in [0.25, 0.3) is 0 Å². The van der Waals surface area contributed by atoms with Crippen molar-refractivity contribution >= 4 is 5.69 Å². The highest BCUT2D eigenvalue weighted by Crippen LogP contribution is 2.37. The number of benzene rings is 1. The quantitative estimate of drug-likeness (QED) is 0.942. The van der Waals surface area contributed by atoms with Gasteiger partial charge in [0.15, 0.2) is 11.5 Å². The molecule has 20 heavy (non-hydrogen) atoms. The molecule has 0 unspecified atom stereocenters. The fraction of sp³-hybridized carbons (Fsp3) is 0.250. The van der Waals surface area contributed by atoms with Gasteiger partial charge >= 0.3 is 6.36 Å². The molecule has 0 atom stereocenters. The van der Waals surface area contributed by atoms with Crippen LogP contribution in [0.1, 0.15) is 5.69 Å². The monoisotopic (exact) mass is 287 g/mol. The van der Waals surface area contributed by atoms with Gasteiger partial charge in [-0.3, -0.25) is 0 Å². The van der Waals surface area contributed by atoms with Crippen LogP contribution in [0.25, 0.3) is 0 Å². The van der Waals surface area contributed by atoms with Crippen molar-refractivity contribution in [1.82, 2.24) is 9.78 Å². The summed E-state index contributed by atoms with van der Waals surface area (Å²) in [7, 11) is 1.58. The molecule has 0 aliphatic rings. The van der Waals surface area contributed by atoms with E-state index in [1.165, 1.54) is 22.9 Å². The second-order valence-corrected chi connectivity index (χ2v) is 4.02. The minimum absolute atomic E-state index is 0.0977. The van der Waals surface area contributed by atoms with E-state index in [9.17, 15) is 13.2 Å². The number of hydrogen-bond donors (Lipinski definition) is 1. The first-order chi connectivity index (χ1) is 9.28. The smallest absolute Gasteiger partial charge is 0.433 e. The maximum atomic E-state index is 12.3. The van der Waals surface area contributed by atoms with Crippen LogP contribution < -0.4 is 15.2 Å². The first-order valence-electron chi connectivity index (χ1n) is 5.59. The molecule has 0 radical (unpaired) electrons. The SMILES string of the molecule is Cc1nn(C)c(Oc2ccccc2OC(F)(F)F)c1N. The molecule has 0 spiro atoms. The molecule has 1 aromatic carbocycles. The molecule has 0 saturated heterocycles. The summed E-state index contributed by atoms with van der Waals surface area (Å²) in [5.74, 6) is -0.390. The highest BCUT2D eigenvalue weighted by atomic mass is 19.4. The van der Waals surface area contributed by atoms with E-state index in [0.29, 0.717) is 5.69 Å². The molecule has 0 aliphatic heterocycles. The first kappa shape index (κ1) is 14.0. The highest BCUT2D eigenvalue weighted by molar-refractivity contribution is 5.55. The van der Waals surface area contributed by atoms with E-state index >= 15 is 0 Å². The normalized spacial score (nSPS) is 11.4. The number of para-hydroxylation sites is 2. The number of anilines is 1. The third-order valence-electron chi connectivity index (χ3n) is 2.50. The Kier molecular flexibility index (Phi) is 3.47. The van der Waals surface area contributed by atoms with Crippen LogP contribution >= 0.6 is 0 Å². The van der Waals surface area contributed by atoms with Gasteiger partial charge in [0.1, 0.15) is 5.69 Å². The molecule has 2 rings (SSSR count). The van der Waals surface area contributed by atoms with Gasteiger partial charge < -0.3 is 15.2 Å². The Balaban J connectivity index is 2.34. The highest BCUT2D eigenvalue weighted by Gasteiger charge is 2.32. The Bertz CT molecular complexity index is 623. The number of hydrogen-bond acceptors (Lipinski definition) is 4. The summed E-state index contributed by atoms with van der Waals surface area (Å²) in [4.78, 5) is 0. The number of ether oxygens (including phenoxy) is 2. The van der Waals surface area contributed by atoms with Crippen LogP contribution in [0.2, 0.25) is 0 Å². The van der Waals surface area contributed by atoms with Gasteiger partial charge in [-0.15, -0.1) is 13.2 Å². The Morgan fingerprint density at radius 3 is 2.30 bits per heavy atom. The van der Waals surface area contributed by atoms with E-state index in [1.807, 2.05) is 0 Å². The van der Waals surface area contributed by atoms with Crippen LogP contribution in [-0.4, -0.2) is 16.1 Å². The second kappa shape index (κ2) is 4.95. The number of nitrogens with two attached hydrogens (primary N) is 1. The number of nitrogens with zero attached hydrogens (tertiary/aromatic N) is 2. The predicted octanol–water partition coefficient (Wildman–Crippen LogP) is 3.00. The molecule has 0 aliphatic carbocycles. The topological polar surface area (TPSA) is 62.3 Å². The average molecular weight is 287 g/mol. The van der Waals surface area contributed by atoms with E-state index in [4.69, 9.17) is 10.5 Å². The van der Waals surface area contributed by atoms with Crippen molar-refractivity contribution < 1.29 is 22.6 Å². The van der Waals surface area contributed by atoms with E-state index in [1.54, 1.807) is 14.0 Å². The summed E-state index contributed by atoms with van der Waals surface area (Å²) in [6.45, 7) is 1.67. The number of aromatic nitrogens is 2. The lowest BCUT2D eigenvalue weighted by Gasteiger charge is -2.13. The average Bonchev–Trinajstić information content (AvgIpc) is 2.56. The number of nitrogen functional groups attached to an aromatic ring is 1. The molecular weight excluding hydrogens is 275 g/mol. The maximum absolute atomic E-state index is 12.3. The number of rotatable bonds is 3. The van der Waals surface area contributed by atoms with Crippen molar-refractivity contribution in [3.05, 3.63) is 30.0 Å². The summed E-state index contributed by atoms with van der Waals surface area (Å²) < 4.78 is 47.5. The van der Waals surface area contributed by atoms with E-state index in [0.717, 1.165) is 6.07 Å². The molecule has 1 heterocycles. The summed E-state index contributed by atoms with van der Waals surface area (Å²) in [6.07, 6.45) is -4.80. The number of alkyl halides is 3. The summed E-state index contributed by atoms with van der Waals surface area (Å²) in [5, 5.41) is 4.01. The zero-order chi connectivity index (χ0) is 14.9. The van der Waals surface area contributed by atoms with Crippen LogP contribution in [-0.2, 0) is 7.05 Å². The van der Waals surface area contributed by atoms with Crippen molar-refractivity contribution in [2.75, 3.05) is 5.73 Å². The number of halogens is 3. The van der Waals surface area contributed by atoms with Crippen LogP contribution in [0.3, 0.4) is 0 Å². The first-order valence-corrected chi connectivity index (χ1v) is 5.59. The van der Waals surface area contributed by atoms with Gasteiger partial charge in [0.05, 0.1) is 5.69 Å². The lowest BCUT2D eigenvalue weighted by molar-refractivity contribution is -0.275. The Morgan fingerprint density at radius 1 is 1.20 bits per heavy atom. The van der Waals surface area contributed by atoms with E-state index in [2.05, 4.69) is 9.84 Å².